The van der Waals surface area contributed by atoms with Crippen molar-refractivity contribution in [1.82, 2.24) is 4.98 Å². The van der Waals surface area contributed by atoms with E-state index in [-0.39, 0.29) is 24.4 Å². The van der Waals surface area contributed by atoms with Crippen LogP contribution in [-0.4, -0.2) is 53.1 Å². The zero-order valence-corrected chi connectivity index (χ0v) is 10.1. The summed E-state index contributed by atoms with van der Waals surface area (Å²) in [6, 6.07) is 3.20. The summed E-state index contributed by atoms with van der Waals surface area (Å²) in [4.78, 5) is 16.9. The quantitative estimate of drug-likeness (QED) is 0.808. The van der Waals surface area contributed by atoms with Crippen molar-refractivity contribution in [3.63, 3.8) is 0 Å². The molecule has 0 radical (unpaired) electrons. The molecule has 6 heteroatoms. The number of aliphatic hydroxyl groups excluding tert-OH is 1. The molecule has 2 heterocycles. The van der Waals surface area contributed by atoms with Crippen LogP contribution < -0.4 is 4.90 Å². The first-order chi connectivity index (χ1) is 8.60. The molecular formula is C12H16N2O4. The molecule has 98 valence electrons. The zero-order chi connectivity index (χ0) is 13.1. The molecule has 1 saturated heterocycles. The molecular weight excluding hydrogens is 236 g/mol. The SMILES string of the molecule is CC1CN(c2ccc(C(=O)O)cn2)CC(CO)O1. The van der Waals surface area contributed by atoms with Crippen molar-refractivity contribution in [3.8, 4) is 0 Å². The maximum Gasteiger partial charge on any atom is 0.337 e. The van der Waals surface area contributed by atoms with E-state index in [1.54, 1.807) is 6.07 Å². The molecule has 1 aliphatic heterocycles. The summed E-state index contributed by atoms with van der Waals surface area (Å²) in [7, 11) is 0. The first-order valence-electron chi connectivity index (χ1n) is 5.80. The number of nitrogens with zero attached hydrogens (tertiary/aromatic N) is 2. The number of pyridine rings is 1. The molecule has 0 saturated carbocycles. The van der Waals surface area contributed by atoms with E-state index in [0.717, 1.165) is 0 Å². The van der Waals surface area contributed by atoms with Crippen LogP contribution in [-0.2, 0) is 4.74 Å². The van der Waals surface area contributed by atoms with Gasteiger partial charge in [0.1, 0.15) is 5.82 Å². The number of aliphatic hydroxyl groups is 1. The molecule has 2 unspecified atom stereocenters. The Kier molecular flexibility index (Phi) is 3.78. The molecule has 2 N–H and O–H groups in total. The van der Waals surface area contributed by atoms with Crippen LogP contribution in [0.1, 0.15) is 17.3 Å². The number of carboxylic acids is 1. The highest BCUT2D eigenvalue weighted by Gasteiger charge is 2.25. The van der Waals surface area contributed by atoms with Crippen LogP contribution in [0.25, 0.3) is 0 Å². The number of hydrogen-bond acceptors (Lipinski definition) is 5. The van der Waals surface area contributed by atoms with Crippen LogP contribution in [0.3, 0.4) is 0 Å². The van der Waals surface area contributed by atoms with Crippen molar-refractivity contribution in [2.75, 3.05) is 24.6 Å². The van der Waals surface area contributed by atoms with Crippen molar-refractivity contribution in [2.24, 2.45) is 0 Å². The lowest BCUT2D eigenvalue weighted by molar-refractivity contribution is -0.0423. The number of anilines is 1. The third-order valence-electron chi connectivity index (χ3n) is 2.85. The Labute approximate surface area is 105 Å². The molecule has 2 rings (SSSR count). The Morgan fingerprint density at radius 1 is 1.56 bits per heavy atom. The Morgan fingerprint density at radius 2 is 2.33 bits per heavy atom. The summed E-state index contributed by atoms with van der Waals surface area (Å²) in [5.41, 5.74) is 0.166. The number of carboxylic acid groups (broad SMARTS) is 1. The number of carbonyl (C=O) groups is 1. The minimum atomic E-state index is -0.988. The Balaban J connectivity index is 2.12. The van der Waals surface area contributed by atoms with Crippen LogP contribution in [0.15, 0.2) is 18.3 Å². The molecule has 0 amide bonds. The van der Waals surface area contributed by atoms with Crippen LogP contribution in [0.5, 0.6) is 0 Å². The van der Waals surface area contributed by atoms with Gasteiger partial charge in [0.15, 0.2) is 0 Å². The summed E-state index contributed by atoms with van der Waals surface area (Å²) >= 11 is 0. The van der Waals surface area contributed by atoms with Crippen LogP contribution >= 0.6 is 0 Å². The summed E-state index contributed by atoms with van der Waals surface area (Å²) in [5.74, 6) is -0.286. The first-order valence-corrected chi connectivity index (χ1v) is 5.80. The van der Waals surface area contributed by atoms with E-state index in [1.807, 2.05) is 11.8 Å². The Hall–Kier alpha value is -1.66. The highest BCUT2D eigenvalue weighted by atomic mass is 16.5. The first kappa shape index (κ1) is 12.8. The van der Waals surface area contributed by atoms with Gasteiger partial charge in [0.2, 0.25) is 0 Å². The van der Waals surface area contributed by atoms with Crippen LogP contribution in [0.4, 0.5) is 5.82 Å². The van der Waals surface area contributed by atoms with Crippen molar-refractivity contribution in [1.29, 1.82) is 0 Å². The predicted molar refractivity (Wildman–Crippen MR) is 64.8 cm³/mol. The van der Waals surface area contributed by atoms with E-state index in [9.17, 15) is 4.79 Å². The van der Waals surface area contributed by atoms with Gasteiger partial charge in [-0.3, -0.25) is 0 Å². The maximum absolute atomic E-state index is 10.7. The summed E-state index contributed by atoms with van der Waals surface area (Å²) < 4.78 is 5.54. The van der Waals surface area contributed by atoms with Gasteiger partial charge in [0, 0.05) is 19.3 Å². The van der Waals surface area contributed by atoms with Gasteiger partial charge in [-0.1, -0.05) is 0 Å². The maximum atomic E-state index is 10.7. The molecule has 1 fully saturated rings. The number of rotatable bonds is 3. The molecule has 2 atom stereocenters. The second-order valence-electron chi connectivity index (χ2n) is 4.37. The van der Waals surface area contributed by atoms with Gasteiger partial charge in [-0.05, 0) is 19.1 Å². The van der Waals surface area contributed by atoms with Crippen molar-refractivity contribution in [3.05, 3.63) is 23.9 Å². The second-order valence-corrected chi connectivity index (χ2v) is 4.37. The van der Waals surface area contributed by atoms with E-state index >= 15 is 0 Å². The minimum Gasteiger partial charge on any atom is -0.478 e. The monoisotopic (exact) mass is 252 g/mol. The van der Waals surface area contributed by atoms with Crippen molar-refractivity contribution in [2.45, 2.75) is 19.1 Å². The van der Waals surface area contributed by atoms with E-state index in [0.29, 0.717) is 18.9 Å². The fraction of sp³-hybridized carbons (Fsp3) is 0.500. The lowest BCUT2D eigenvalue weighted by atomic mass is 10.2. The molecule has 18 heavy (non-hydrogen) atoms. The predicted octanol–water partition coefficient (Wildman–Crippen LogP) is 0.366. The number of aromatic carboxylic acids is 1. The minimum absolute atomic E-state index is 0.0110. The van der Waals surface area contributed by atoms with E-state index in [2.05, 4.69) is 4.98 Å². The van der Waals surface area contributed by atoms with Crippen molar-refractivity contribution >= 4 is 11.8 Å². The smallest absolute Gasteiger partial charge is 0.337 e. The van der Waals surface area contributed by atoms with E-state index in [1.165, 1.54) is 12.3 Å². The second kappa shape index (κ2) is 5.32. The number of morpholine rings is 1. The third-order valence-corrected chi connectivity index (χ3v) is 2.85. The van der Waals surface area contributed by atoms with Crippen molar-refractivity contribution < 1.29 is 19.7 Å². The number of ether oxygens (including phenoxy) is 1. The van der Waals surface area contributed by atoms with Gasteiger partial charge in [0.05, 0.1) is 24.4 Å². The summed E-state index contributed by atoms with van der Waals surface area (Å²) in [6.45, 7) is 3.13. The third kappa shape index (κ3) is 2.77. The van der Waals surface area contributed by atoms with Gasteiger partial charge < -0.3 is 19.8 Å². The summed E-state index contributed by atoms with van der Waals surface area (Å²) in [5, 5.41) is 17.9. The number of hydrogen-bond donors (Lipinski definition) is 2. The normalized spacial score (nSPS) is 24.0. The van der Waals surface area contributed by atoms with Gasteiger partial charge >= 0.3 is 5.97 Å². The van der Waals surface area contributed by atoms with Gasteiger partial charge in [-0.25, -0.2) is 9.78 Å². The molecule has 0 aromatic carbocycles. The average Bonchev–Trinajstić information content (AvgIpc) is 2.38. The van der Waals surface area contributed by atoms with Gasteiger partial charge in [-0.2, -0.15) is 0 Å². The highest BCUT2D eigenvalue weighted by molar-refractivity contribution is 5.87. The lowest BCUT2D eigenvalue weighted by Crippen LogP contribution is -2.48. The molecule has 1 aromatic rings. The Morgan fingerprint density at radius 3 is 2.89 bits per heavy atom. The summed E-state index contributed by atoms with van der Waals surface area (Å²) in [6.07, 6.45) is 1.12. The highest BCUT2D eigenvalue weighted by Crippen LogP contribution is 2.18. The molecule has 0 aliphatic carbocycles. The lowest BCUT2D eigenvalue weighted by Gasteiger charge is -2.36. The molecule has 6 nitrogen and oxygen atoms in total. The van der Waals surface area contributed by atoms with Gasteiger partial charge in [-0.15, -0.1) is 0 Å². The molecule has 0 bridgehead atoms. The Bertz CT molecular complexity index is 421. The van der Waals surface area contributed by atoms with E-state index in [4.69, 9.17) is 14.9 Å². The topological polar surface area (TPSA) is 82.9 Å². The van der Waals surface area contributed by atoms with E-state index < -0.39 is 5.97 Å². The average molecular weight is 252 g/mol. The number of aromatic nitrogens is 1. The zero-order valence-electron chi connectivity index (χ0n) is 10.1. The largest absolute Gasteiger partial charge is 0.478 e. The van der Waals surface area contributed by atoms with Gasteiger partial charge in [0.25, 0.3) is 0 Å². The molecule has 0 spiro atoms. The molecule has 1 aliphatic rings. The fourth-order valence-electron chi connectivity index (χ4n) is 2.03. The molecule has 1 aromatic heterocycles. The van der Waals surface area contributed by atoms with Crippen LogP contribution in [0, 0.1) is 0 Å². The van der Waals surface area contributed by atoms with Crippen LogP contribution in [0.2, 0.25) is 0 Å². The fourth-order valence-corrected chi connectivity index (χ4v) is 2.03. The standard InChI is InChI=1S/C12H16N2O4/c1-8-5-14(6-10(7-15)18-8)11-3-2-9(4-13-11)12(16)17/h2-4,8,10,15H,5-7H2,1H3,(H,16,17).